The van der Waals surface area contributed by atoms with Crippen LogP contribution in [0.2, 0.25) is 9.36 Å². The maximum Gasteiger partial charge on any atom is 0.311 e. The van der Waals surface area contributed by atoms with Gasteiger partial charge in [0.05, 0.1) is 31.6 Å². The van der Waals surface area contributed by atoms with Crippen molar-refractivity contribution in [2.45, 2.75) is 19.8 Å². The molecule has 0 aliphatic rings. The number of carbonyl (C=O) groups excluding carboxylic acids is 2. The molecule has 1 aromatic rings. The molecular weight excluding hydrogens is 299 g/mol. The minimum Gasteiger partial charge on any atom is -0.469 e. The zero-order chi connectivity index (χ0) is 13.7. The molecule has 7 heteroatoms. The van der Waals surface area contributed by atoms with Gasteiger partial charge in [0.15, 0.2) is 0 Å². The van der Waals surface area contributed by atoms with Gasteiger partial charge in [-0.1, -0.05) is 23.2 Å². The monoisotopic (exact) mass is 310 g/mol. The zero-order valence-electron chi connectivity index (χ0n) is 9.92. The van der Waals surface area contributed by atoms with E-state index in [1.54, 1.807) is 6.92 Å². The van der Waals surface area contributed by atoms with Crippen molar-refractivity contribution in [1.29, 1.82) is 0 Å². The number of thiophene rings is 1. The Bertz CT molecular complexity index is 456. The molecule has 4 nitrogen and oxygen atoms in total. The summed E-state index contributed by atoms with van der Waals surface area (Å²) >= 11 is 13.1. The fraction of sp³-hybridized carbons (Fsp3) is 0.455. The lowest BCUT2D eigenvalue weighted by Crippen LogP contribution is -2.10. The van der Waals surface area contributed by atoms with Crippen molar-refractivity contribution in [3.8, 4) is 0 Å². The number of hydrogen-bond donors (Lipinski definition) is 0. The van der Waals surface area contributed by atoms with Gasteiger partial charge in [-0.15, -0.1) is 11.3 Å². The van der Waals surface area contributed by atoms with E-state index in [0.29, 0.717) is 26.4 Å². The molecule has 0 bridgehead atoms. The molecule has 0 aliphatic carbocycles. The molecule has 0 fully saturated rings. The first-order valence-electron chi connectivity index (χ1n) is 5.17. The molecule has 0 saturated heterocycles. The van der Waals surface area contributed by atoms with Crippen LogP contribution in [0.25, 0.3) is 0 Å². The highest BCUT2D eigenvalue weighted by Gasteiger charge is 2.20. The van der Waals surface area contributed by atoms with Gasteiger partial charge >= 0.3 is 11.9 Å². The van der Waals surface area contributed by atoms with Crippen LogP contribution in [0.4, 0.5) is 0 Å². The standard InChI is InChI=1S/C11H12Cl2O4S/c1-3-17-9(15)5-7-6(4-8(14)16-2)10(12)11(13)18-7/h3-5H2,1-2H3. The van der Waals surface area contributed by atoms with E-state index in [2.05, 4.69) is 4.74 Å². The van der Waals surface area contributed by atoms with Gasteiger partial charge in [0.25, 0.3) is 0 Å². The third-order valence-electron chi connectivity index (χ3n) is 2.15. The van der Waals surface area contributed by atoms with E-state index < -0.39 is 5.97 Å². The molecule has 0 atom stereocenters. The van der Waals surface area contributed by atoms with Crippen molar-refractivity contribution >= 4 is 46.5 Å². The second kappa shape index (κ2) is 6.97. The predicted molar refractivity (Wildman–Crippen MR) is 70.4 cm³/mol. The quantitative estimate of drug-likeness (QED) is 0.785. The Balaban J connectivity index is 2.93. The SMILES string of the molecule is CCOC(=O)Cc1sc(Cl)c(Cl)c1CC(=O)OC. The largest absolute Gasteiger partial charge is 0.469 e. The molecule has 1 aromatic heterocycles. The molecule has 0 aliphatic heterocycles. The van der Waals surface area contributed by atoms with E-state index in [-0.39, 0.29) is 18.8 Å². The molecule has 0 amide bonds. The summed E-state index contributed by atoms with van der Waals surface area (Å²) < 4.78 is 9.78. The van der Waals surface area contributed by atoms with Crippen molar-refractivity contribution in [2.24, 2.45) is 0 Å². The van der Waals surface area contributed by atoms with Crippen molar-refractivity contribution in [2.75, 3.05) is 13.7 Å². The number of carbonyl (C=O) groups is 2. The summed E-state index contributed by atoms with van der Waals surface area (Å²) in [6, 6.07) is 0. The first kappa shape index (κ1) is 15.3. The van der Waals surface area contributed by atoms with Crippen LogP contribution in [-0.4, -0.2) is 25.7 Å². The summed E-state index contributed by atoms with van der Waals surface area (Å²) in [5.41, 5.74) is 0.534. The molecule has 0 saturated carbocycles. The van der Waals surface area contributed by atoms with Crippen LogP contribution in [0, 0.1) is 0 Å². The summed E-state index contributed by atoms with van der Waals surface area (Å²) in [5, 5.41) is 0.298. The van der Waals surface area contributed by atoms with Gasteiger partial charge in [-0.3, -0.25) is 9.59 Å². The second-order valence-electron chi connectivity index (χ2n) is 3.33. The van der Waals surface area contributed by atoms with E-state index >= 15 is 0 Å². The van der Waals surface area contributed by atoms with E-state index in [0.717, 1.165) is 0 Å². The molecule has 1 heterocycles. The maximum absolute atomic E-state index is 11.4. The molecular formula is C11H12Cl2O4S. The van der Waals surface area contributed by atoms with Crippen LogP contribution in [0.15, 0.2) is 0 Å². The summed E-state index contributed by atoms with van der Waals surface area (Å²) in [6.45, 7) is 2.03. The zero-order valence-corrected chi connectivity index (χ0v) is 12.2. The van der Waals surface area contributed by atoms with Crippen LogP contribution < -0.4 is 0 Å². The topological polar surface area (TPSA) is 52.6 Å². The van der Waals surface area contributed by atoms with Crippen molar-refractivity contribution in [3.05, 3.63) is 19.8 Å². The van der Waals surface area contributed by atoms with Gasteiger partial charge in [-0.05, 0) is 12.5 Å². The van der Waals surface area contributed by atoms with E-state index in [4.69, 9.17) is 27.9 Å². The fourth-order valence-corrected chi connectivity index (χ4v) is 3.00. The Morgan fingerprint density at radius 2 is 1.89 bits per heavy atom. The molecule has 1 rings (SSSR count). The maximum atomic E-state index is 11.4. The smallest absolute Gasteiger partial charge is 0.311 e. The van der Waals surface area contributed by atoms with Gasteiger partial charge in [-0.25, -0.2) is 0 Å². The Morgan fingerprint density at radius 1 is 1.22 bits per heavy atom. The van der Waals surface area contributed by atoms with Gasteiger partial charge in [0, 0.05) is 4.88 Å². The van der Waals surface area contributed by atoms with Gasteiger partial charge in [0.1, 0.15) is 4.34 Å². The van der Waals surface area contributed by atoms with Gasteiger partial charge < -0.3 is 9.47 Å². The first-order chi connectivity index (χ1) is 8.49. The Labute approximate surface area is 119 Å². The highest BCUT2D eigenvalue weighted by molar-refractivity contribution is 7.17. The number of esters is 2. The van der Waals surface area contributed by atoms with E-state index in [1.165, 1.54) is 18.4 Å². The van der Waals surface area contributed by atoms with Gasteiger partial charge in [-0.2, -0.15) is 0 Å². The number of methoxy groups -OCH3 is 1. The van der Waals surface area contributed by atoms with Crippen molar-refractivity contribution in [1.82, 2.24) is 0 Å². The van der Waals surface area contributed by atoms with Crippen LogP contribution in [-0.2, 0) is 31.9 Å². The van der Waals surface area contributed by atoms with Crippen molar-refractivity contribution in [3.63, 3.8) is 0 Å². The minimum absolute atomic E-state index is 0.00666. The molecule has 18 heavy (non-hydrogen) atoms. The summed E-state index contributed by atoms with van der Waals surface area (Å²) in [4.78, 5) is 23.3. The Morgan fingerprint density at radius 3 is 2.44 bits per heavy atom. The summed E-state index contributed by atoms with van der Waals surface area (Å²) in [7, 11) is 1.29. The van der Waals surface area contributed by atoms with E-state index in [1.807, 2.05) is 0 Å². The van der Waals surface area contributed by atoms with E-state index in [9.17, 15) is 9.59 Å². The van der Waals surface area contributed by atoms with Crippen LogP contribution in [0.1, 0.15) is 17.4 Å². The molecule has 0 unspecified atom stereocenters. The normalized spacial score (nSPS) is 10.2. The highest BCUT2D eigenvalue weighted by atomic mass is 35.5. The molecule has 0 N–H and O–H groups in total. The minimum atomic E-state index is -0.434. The second-order valence-corrected chi connectivity index (χ2v) is 5.41. The van der Waals surface area contributed by atoms with Crippen LogP contribution >= 0.6 is 34.5 Å². The highest BCUT2D eigenvalue weighted by Crippen LogP contribution is 2.37. The number of rotatable bonds is 5. The number of halogens is 2. The lowest BCUT2D eigenvalue weighted by Gasteiger charge is -2.03. The number of hydrogen-bond acceptors (Lipinski definition) is 5. The lowest BCUT2D eigenvalue weighted by molar-refractivity contribution is -0.142. The summed E-state index contributed by atoms with van der Waals surface area (Å²) in [5.74, 6) is -0.810. The van der Waals surface area contributed by atoms with Crippen LogP contribution in [0.3, 0.4) is 0 Å². The number of ether oxygens (including phenoxy) is 2. The Kier molecular flexibility index (Phi) is 5.91. The molecule has 0 spiro atoms. The predicted octanol–water partition coefficient (Wildman–Crippen LogP) is 2.88. The average molecular weight is 311 g/mol. The molecule has 100 valence electrons. The Hall–Kier alpha value is -0.780. The first-order valence-corrected chi connectivity index (χ1v) is 6.74. The third kappa shape index (κ3) is 3.86. The average Bonchev–Trinajstić information content (AvgIpc) is 2.57. The molecule has 0 radical (unpaired) electrons. The van der Waals surface area contributed by atoms with Gasteiger partial charge in [0.2, 0.25) is 0 Å². The third-order valence-corrected chi connectivity index (χ3v) is 4.21. The fourth-order valence-electron chi connectivity index (χ4n) is 1.33. The van der Waals surface area contributed by atoms with Crippen molar-refractivity contribution < 1.29 is 19.1 Å². The lowest BCUT2D eigenvalue weighted by atomic mass is 10.1. The summed E-state index contributed by atoms with van der Waals surface area (Å²) in [6.07, 6.45) is 0.0462. The van der Waals surface area contributed by atoms with Crippen LogP contribution in [0.5, 0.6) is 0 Å². The molecule has 0 aromatic carbocycles.